The zero-order valence-electron chi connectivity index (χ0n) is 13.8. The van der Waals surface area contributed by atoms with Gasteiger partial charge in [-0.05, 0) is 31.2 Å². The minimum Gasteiger partial charge on any atom is -0.376 e. The monoisotopic (exact) mass is 325 g/mol. The van der Waals surface area contributed by atoms with Gasteiger partial charge < -0.3 is 10.1 Å². The summed E-state index contributed by atoms with van der Waals surface area (Å²) in [6.07, 6.45) is 8.99. The Kier molecular flexibility index (Phi) is 4.10. The molecule has 0 radical (unpaired) electrons. The minimum atomic E-state index is -0.377. The molecular weight excluding hydrogens is 302 g/mol. The van der Waals surface area contributed by atoms with E-state index in [1.165, 1.54) is 0 Å². The highest BCUT2D eigenvalue weighted by molar-refractivity contribution is 5.99. The molecule has 2 aromatic rings. The predicted molar refractivity (Wildman–Crippen MR) is 91.8 cm³/mol. The van der Waals surface area contributed by atoms with E-state index in [1.807, 2.05) is 29.1 Å². The number of aromatic nitrogens is 2. The second-order valence-corrected chi connectivity index (χ2v) is 6.84. The van der Waals surface area contributed by atoms with Crippen molar-refractivity contribution in [2.24, 2.45) is 0 Å². The van der Waals surface area contributed by atoms with Crippen LogP contribution in [0.4, 0.5) is 5.69 Å². The molecule has 4 rings (SSSR count). The molecule has 1 aliphatic heterocycles. The van der Waals surface area contributed by atoms with E-state index in [0.717, 1.165) is 56.5 Å². The van der Waals surface area contributed by atoms with E-state index in [9.17, 15) is 4.79 Å². The average Bonchev–Trinajstić information content (AvgIpc) is 3.20. The summed E-state index contributed by atoms with van der Waals surface area (Å²) in [6, 6.07) is 10.1. The molecule has 1 aromatic heterocycles. The quantitative estimate of drug-likeness (QED) is 0.919. The average molecular weight is 325 g/mol. The molecule has 126 valence electrons. The highest BCUT2D eigenvalue weighted by Crippen LogP contribution is 2.44. The van der Waals surface area contributed by atoms with Gasteiger partial charge in [-0.15, -0.1) is 0 Å². The van der Waals surface area contributed by atoms with Crippen molar-refractivity contribution in [2.75, 3.05) is 11.9 Å². The summed E-state index contributed by atoms with van der Waals surface area (Å²) < 4.78 is 7.50. The van der Waals surface area contributed by atoms with Crippen LogP contribution >= 0.6 is 0 Å². The fourth-order valence-corrected chi connectivity index (χ4v) is 3.71. The number of carbonyl (C=O) groups is 1. The maximum absolute atomic E-state index is 12.9. The van der Waals surface area contributed by atoms with Crippen molar-refractivity contribution in [1.82, 2.24) is 9.78 Å². The summed E-state index contributed by atoms with van der Waals surface area (Å²) in [7, 11) is 0. The van der Waals surface area contributed by atoms with Crippen LogP contribution in [0.3, 0.4) is 0 Å². The maximum Gasteiger partial charge on any atom is 0.235 e. The number of ether oxygens (including phenoxy) is 1. The van der Waals surface area contributed by atoms with Crippen molar-refractivity contribution >= 4 is 11.6 Å². The first-order valence-electron chi connectivity index (χ1n) is 8.77. The number of rotatable bonds is 5. The van der Waals surface area contributed by atoms with Crippen molar-refractivity contribution < 1.29 is 9.53 Å². The highest BCUT2D eigenvalue weighted by atomic mass is 16.5. The van der Waals surface area contributed by atoms with Crippen LogP contribution in [0.5, 0.6) is 0 Å². The third-order valence-corrected chi connectivity index (χ3v) is 5.27. The van der Waals surface area contributed by atoms with Gasteiger partial charge in [-0.1, -0.05) is 36.8 Å². The number of hydrogen-bond acceptors (Lipinski definition) is 3. The van der Waals surface area contributed by atoms with E-state index in [0.29, 0.717) is 0 Å². The number of nitrogens with zero attached hydrogens (tertiary/aromatic N) is 2. The van der Waals surface area contributed by atoms with Crippen LogP contribution in [0, 0.1) is 0 Å². The molecule has 1 aliphatic carbocycles. The molecule has 24 heavy (non-hydrogen) atoms. The Bertz CT molecular complexity index is 700. The molecule has 1 saturated carbocycles. The molecule has 0 bridgehead atoms. The normalized spacial score (nSPS) is 22.1. The van der Waals surface area contributed by atoms with Gasteiger partial charge in [-0.3, -0.25) is 9.48 Å². The number of anilines is 1. The van der Waals surface area contributed by atoms with Crippen LogP contribution in [0.25, 0.3) is 0 Å². The SMILES string of the molecule is O=C(Nc1cnn(C[C@H]2CCCO2)c1)C1(c2ccccc2)CCC1. The molecule has 1 aromatic carbocycles. The highest BCUT2D eigenvalue weighted by Gasteiger charge is 2.45. The van der Waals surface area contributed by atoms with Gasteiger partial charge >= 0.3 is 0 Å². The zero-order valence-corrected chi connectivity index (χ0v) is 13.8. The van der Waals surface area contributed by atoms with Gasteiger partial charge in [0.25, 0.3) is 0 Å². The van der Waals surface area contributed by atoms with Crippen molar-refractivity contribution in [1.29, 1.82) is 0 Å². The standard InChI is InChI=1S/C19H23N3O2/c23-18(19(9-5-10-19)15-6-2-1-3-7-15)21-16-12-20-22(13-16)14-17-8-4-11-24-17/h1-3,6-7,12-13,17H,4-5,8-11,14H2,(H,21,23)/t17-/m1/s1. The fourth-order valence-electron chi connectivity index (χ4n) is 3.71. The zero-order chi connectivity index (χ0) is 16.4. The first kappa shape index (κ1) is 15.4. The number of hydrogen-bond donors (Lipinski definition) is 1. The lowest BCUT2D eigenvalue weighted by atomic mass is 9.64. The second kappa shape index (κ2) is 6.40. The van der Waals surface area contributed by atoms with E-state index in [2.05, 4.69) is 22.5 Å². The molecule has 5 nitrogen and oxygen atoms in total. The van der Waals surface area contributed by atoms with Gasteiger partial charge in [-0.2, -0.15) is 5.10 Å². The van der Waals surface area contributed by atoms with E-state index < -0.39 is 0 Å². The Balaban J connectivity index is 1.45. The number of carbonyl (C=O) groups excluding carboxylic acids is 1. The Labute approximate surface area is 142 Å². The molecule has 1 amide bonds. The second-order valence-electron chi connectivity index (χ2n) is 6.84. The summed E-state index contributed by atoms with van der Waals surface area (Å²) in [4.78, 5) is 12.9. The van der Waals surface area contributed by atoms with Gasteiger partial charge in [0.15, 0.2) is 0 Å². The minimum absolute atomic E-state index is 0.0802. The third-order valence-electron chi connectivity index (χ3n) is 5.27. The molecular formula is C19H23N3O2. The Morgan fingerprint density at radius 2 is 2.12 bits per heavy atom. The van der Waals surface area contributed by atoms with Crippen molar-refractivity contribution in [2.45, 2.75) is 50.2 Å². The Morgan fingerprint density at radius 3 is 2.79 bits per heavy atom. The lowest BCUT2D eigenvalue weighted by Gasteiger charge is -2.40. The molecule has 1 N–H and O–H groups in total. The third kappa shape index (κ3) is 2.84. The number of nitrogens with one attached hydrogen (secondary N) is 1. The van der Waals surface area contributed by atoms with Crippen LogP contribution in [-0.4, -0.2) is 28.4 Å². The van der Waals surface area contributed by atoms with Gasteiger partial charge in [-0.25, -0.2) is 0 Å². The van der Waals surface area contributed by atoms with Crippen LogP contribution in [0.1, 0.15) is 37.7 Å². The van der Waals surface area contributed by atoms with E-state index in [1.54, 1.807) is 6.20 Å². The summed E-state index contributed by atoms with van der Waals surface area (Å²) >= 11 is 0. The maximum atomic E-state index is 12.9. The molecule has 1 atom stereocenters. The predicted octanol–water partition coefficient (Wildman–Crippen LogP) is 3.12. The van der Waals surface area contributed by atoms with Crippen molar-refractivity contribution in [3.05, 3.63) is 48.3 Å². The summed E-state index contributed by atoms with van der Waals surface area (Å²) in [5.41, 5.74) is 1.50. The van der Waals surface area contributed by atoms with Crippen molar-refractivity contribution in [3.63, 3.8) is 0 Å². The lowest BCUT2D eigenvalue weighted by molar-refractivity contribution is -0.124. The molecule has 0 unspecified atom stereocenters. The molecule has 1 saturated heterocycles. The van der Waals surface area contributed by atoms with Crippen LogP contribution in [0.15, 0.2) is 42.7 Å². The van der Waals surface area contributed by atoms with E-state index in [-0.39, 0.29) is 17.4 Å². The summed E-state index contributed by atoms with van der Waals surface area (Å²) in [5, 5.41) is 7.42. The number of benzene rings is 1. The molecule has 2 aliphatic rings. The Hall–Kier alpha value is -2.14. The van der Waals surface area contributed by atoms with Crippen LogP contribution in [-0.2, 0) is 21.5 Å². The molecule has 2 fully saturated rings. The molecule has 0 spiro atoms. The first-order chi connectivity index (χ1) is 11.8. The summed E-state index contributed by atoms with van der Waals surface area (Å²) in [5.74, 6) is 0.0802. The molecule has 5 heteroatoms. The topological polar surface area (TPSA) is 56.2 Å². The van der Waals surface area contributed by atoms with Crippen LogP contribution < -0.4 is 5.32 Å². The first-order valence-corrected chi connectivity index (χ1v) is 8.77. The number of amides is 1. The van der Waals surface area contributed by atoms with Crippen molar-refractivity contribution in [3.8, 4) is 0 Å². The fraction of sp³-hybridized carbons (Fsp3) is 0.474. The smallest absolute Gasteiger partial charge is 0.235 e. The lowest BCUT2D eigenvalue weighted by Crippen LogP contribution is -2.45. The van der Waals surface area contributed by atoms with Crippen LogP contribution in [0.2, 0.25) is 0 Å². The summed E-state index contributed by atoms with van der Waals surface area (Å²) in [6.45, 7) is 1.59. The molecule has 2 heterocycles. The van der Waals surface area contributed by atoms with Gasteiger partial charge in [0.05, 0.1) is 29.9 Å². The van der Waals surface area contributed by atoms with Gasteiger partial charge in [0, 0.05) is 12.8 Å². The van der Waals surface area contributed by atoms with E-state index in [4.69, 9.17) is 4.74 Å². The Morgan fingerprint density at radius 1 is 1.29 bits per heavy atom. The largest absolute Gasteiger partial charge is 0.376 e. The van der Waals surface area contributed by atoms with Gasteiger partial charge in [0.2, 0.25) is 5.91 Å². The van der Waals surface area contributed by atoms with E-state index >= 15 is 0 Å². The van der Waals surface area contributed by atoms with Gasteiger partial charge in [0.1, 0.15) is 0 Å².